The summed E-state index contributed by atoms with van der Waals surface area (Å²) in [6.45, 7) is -0.368. The molecule has 2 aromatic rings. The standard InChI is InChI=1S/C19H15IN2O5S/c1-27-14-8-11(7-13(20)17(14)24)9-15-18(25)22(19(26)28-15)10-16(23)21-12-5-3-2-4-6-12/h2-9,24H,10H2,1H3,(H,21,23)/b15-9-. The van der Waals surface area contributed by atoms with Gasteiger partial charge in [0, 0.05) is 5.69 Å². The quantitative estimate of drug-likeness (QED) is 0.471. The molecule has 1 fully saturated rings. The summed E-state index contributed by atoms with van der Waals surface area (Å²) in [6, 6.07) is 12.0. The second-order valence-electron chi connectivity index (χ2n) is 5.74. The van der Waals surface area contributed by atoms with Crippen LogP contribution in [-0.2, 0) is 9.59 Å². The van der Waals surface area contributed by atoms with E-state index in [1.54, 1.807) is 36.4 Å². The molecule has 0 saturated carbocycles. The molecule has 3 amide bonds. The summed E-state index contributed by atoms with van der Waals surface area (Å²) in [6.07, 6.45) is 1.53. The Morgan fingerprint density at radius 3 is 2.68 bits per heavy atom. The van der Waals surface area contributed by atoms with Gasteiger partial charge in [0.25, 0.3) is 11.1 Å². The lowest BCUT2D eigenvalue weighted by molar-refractivity contribution is -0.127. The SMILES string of the molecule is COc1cc(/C=C2\SC(=O)N(CC(=O)Nc3ccccc3)C2=O)cc(I)c1O. The van der Waals surface area contributed by atoms with Crippen LogP contribution in [0.2, 0.25) is 0 Å². The number of thioether (sulfide) groups is 1. The third kappa shape index (κ3) is 4.47. The summed E-state index contributed by atoms with van der Waals surface area (Å²) in [4.78, 5) is 38.0. The van der Waals surface area contributed by atoms with Gasteiger partial charge in [-0.3, -0.25) is 19.3 Å². The predicted molar refractivity (Wildman–Crippen MR) is 115 cm³/mol. The smallest absolute Gasteiger partial charge is 0.294 e. The molecule has 7 nitrogen and oxygen atoms in total. The lowest BCUT2D eigenvalue weighted by atomic mass is 10.2. The number of hydrogen-bond acceptors (Lipinski definition) is 6. The number of para-hydroxylation sites is 1. The van der Waals surface area contributed by atoms with Gasteiger partial charge in [0.1, 0.15) is 6.54 Å². The molecule has 0 radical (unpaired) electrons. The zero-order valence-corrected chi connectivity index (χ0v) is 17.6. The minimum atomic E-state index is -0.541. The average molecular weight is 510 g/mol. The molecule has 0 aromatic heterocycles. The molecule has 1 heterocycles. The maximum atomic E-state index is 12.6. The Balaban J connectivity index is 1.75. The summed E-state index contributed by atoms with van der Waals surface area (Å²) in [5, 5.41) is 12.0. The number of ether oxygens (including phenoxy) is 1. The van der Waals surface area contributed by atoms with Crippen molar-refractivity contribution in [3.05, 3.63) is 56.5 Å². The molecule has 0 bridgehead atoms. The number of rotatable bonds is 5. The van der Waals surface area contributed by atoms with Crippen LogP contribution >= 0.6 is 34.4 Å². The van der Waals surface area contributed by atoms with Gasteiger partial charge in [0.2, 0.25) is 5.91 Å². The number of anilines is 1. The van der Waals surface area contributed by atoms with Gasteiger partial charge >= 0.3 is 0 Å². The first kappa shape index (κ1) is 20.2. The molecular weight excluding hydrogens is 495 g/mol. The topological polar surface area (TPSA) is 95.9 Å². The molecule has 9 heteroatoms. The summed E-state index contributed by atoms with van der Waals surface area (Å²) >= 11 is 2.71. The summed E-state index contributed by atoms with van der Waals surface area (Å²) in [7, 11) is 1.42. The Morgan fingerprint density at radius 1 is 1.29 bits per heavy atom. The fourth-order valence-corrected chi connectivity index (χ4v) is 3.95. The van der Waals surface area contributed by atoms with Crippen molar-refractivity contribution in [1.29, 1.82) is 0 Å². The van der Waals surface area contributed by atoms with Crippen molar-refractivity contribution < 1.29 is 24.2 Å². The van der Waals surface area contributed by atoms with Crippen molar-refractivity contribution in [2.45, 2.75) is 0 Å². The highest BCUT2D eigenvalue weighted by atomic mass is 127. The van der Waals surface area contributed by atoms with Gasteiger partial charge in [-0.1, -0.05) is 18.2 Å². The predicted octanol–water partition coefficient (Wildman–Crippen LogP) is 3.68. The van der Waals surface area contributed by atoms with E-state index in [1.807, 2.05) is 28.7 Å². The third-order valence-electron chi connectivity index (χ3n) is 3.80. The number of phenols is 1. The number of nitrogens with zero attached hydrogens (tertiary/aromatic N) is 1. The Kier molecular flexibility index (Phi) is 6.25. The minimum Gasteiger partial charge on any atom is -0.504 e. The Bertz CT molecular complexity index is 978. The minimum absolute atomic E-state index is 0.00550. The number of amides is 3. The molecule has 2 N–H and O–H groups in total. The lowest BCUT2D eigenvalue weighted by Crippen LogP contribution is -2.36. The first-order valence-corrected chi connectivity index (χ1v) is 9.95. The van der Waals surface area contributed by atoms with E-state index in [9.17, 15) is 19.5 Å². The van der Waals surface area contributed by atoms with Crippen LogP contribution in [0.25, 0.3) is 6.08 Å². The number of halogens is 1. The number of hydrogen-bond donors (Lipinski definition) is 2. The number of nitrogens with one attached hydrogen (secondary N) is 1. The summed E-state index contributed by atoms with van der Waals surface area (Å²) < 4.78 is 5.65. The van der Waals surface area contributed by atoms with E-state index in [0.717, 1.165) is 16.7 Å². The van der Waals surface area contributed by atoms with Crippen LogP contribution in [0.3, 0.4) is 0 Å². The normalized spacial score (nSPS) is 15.2. The maximum absolute atomic E-state index is 12.6. The van der Waals surface area contributed by atoms with E-state index >= 15 is 0 Å². The molecular formula is C19H15IN2O5S. The fourth-order valence-electron chi connectivity index (χ4n) is 2.49. The molecule has 1 saturated heterocycles. The Morgan fingerprint density at radius 2 is 2.00 bits per heavy atom. The van der Waals surface area contributed by atoms with Crippen molar-refractivity contribution in [3.8, 4) is 11.5 Å². The number of aromatic hydroxyl groups is 1. The van der Waals surface area contributed by atoms with Crippen LogP contribution in [0.1, 0.15) is 5.56 Å². The zero-order valence-electron chi connectivity index (χ0n) is 14.6. The highest BCUT2D eigenvalue weighted by Crippen LogP contribution is 2.36. The molecule has 28 heavy (non-hydrogen) atoms. The molecule has 0 unspecified atom stereocenters. The van der Waals surface area contributed by atoms with Gasteiger partial charge in [-0.2, -0.15) is 0 Å². The highest BCUT2D eigenvalue weighted by Gasteiger charge is 2.36. The molecule has 3 rings (SSSR count). The molecule has 144 valence electrons. The first-order chi connectivity index (χ1) is 13.4. The van der Waals surface area contributed by atoms with Crippen molar-refractivity contribution in [3.63, 3.8) is 0 Å². The van der Waals surface area contributed by atoms with E-state index < -0.39 is 17.1 Å². The number of benzene rings is 2. The second kappa shape index (κ2) is 8.65. The largest absolute Gasteiger partial charge is 0.504 e. The van der Waals surface area contributed by atoms with Crippen molar-refractivity contribution in [2.75, 3.05) is 19.0 Å². The molecule has 0 spiro atoms. The average Bonchev–Trinajstić information content (AvgIpc) is 2.92. The number of carbonyl (C=O) groups excluding carboxylic acids is 3. The summed E-state index contributed by atoms with van der Waals surface area (Å²) in [5.74, 6) is -0.735. The number of imide groups is 1. The highest BCUT2D eigenvalue weighted by molar-refractivity contribution is 14.1. The van der Waals surface area contributed by atoms with Gasteiger partial charge in [0.05, 0.1) is 15.6 Å². The summed E-state index contributed by atoms with van der Waals surface area (Å²) in [5.41, 5.74) is 1.18. The van der Waals surface area contributed by atoms with Gasteiger partial charge < -0.3 is 15.2 Å². The molecule has 2 aromatic carbocycles. The second-order valence-corrected chi connectivity index (χ2v) is 7.89. The fraction of sp³-hybridized carbons (Fsp3) is 0.105. The number of phenolic OH excluding ortho intramolecular Hbond substituents is 1. The number of carbonyl (C=O) groups is 3. The molecule has 1 aliphatic heterocycles. The van der Waals surface area contributed by atoms with Gasteiger partial charge in [-0.25, -0.2) is 0 Å². The zero-order chi connectivity index (χ0) is 20.3. The van der Waals surface area contributed by atoms with Crippen molar-refractivity contribution >= 4 is 63.2 Å². The van der Waals surface area contributed by atoms with Gasteiger partial charge in [-0.15, -0.1) is 0 Å². The van der Waals surface area contributed by atoms with Crippen LogP contribution < -0.4 is 10.1 Å². The van der Waals surface area contributed by atoms with E-state index in [0.29, 0.717) is 14.8 Å². The molecule has 1 aliphatic rings. The van der Waals surface area contributed by atoms with Gasteiger partial charge in [-0.05, 0) is 70.3 Å². The first-order valence-electron chi connectivity index (χ1n) is 8.06. The van der Waals surface area contributed by atoms with E-state index in [2.05, 4.69) is 5.32 Å². The van der Waals surface area contributed by atoms with Crippen LogP contribution in [0.15, 0.2) is 47.4 Å². The van der Waals surface area contributed by atoms with E-state index in [1.165, 1.54) is 13.2 Å². The Labute approximate surface area is 178 Å². The van der Waals surface area contributed by atoms with E-state index in [4.69, 9.17) is 4.74 Å². The van der Waals surface area contributed by atoms with Crippen LogP contribution in [0.5, 0.6) is 11.5 Å². The van der Waals surface area contributed by atoms with Gasteiger partial charge in [0.15, 0.2) is 11.5 Å². The molecule has 0 atom stereocenters. The van der Waals surface area contributed by atoms with Crippen LogP contribution in [-0.4, -0.2) is 40.7 Å². The molecule has 0 aliphatic carbocycles. The maximum Gasteiger partial charge on any atom is 0.294 e. The van der Waals surface area contributed by atoms with Crippen LogP contribution in [0, 0.1) is 3.57 Å². The third-order valence-corrected chi connectivity index (χ3v) is 5.53. The monoisotopic (exact) mass is 510 g/mol. The Hall–Kier alpha value is -2.53. The lowest BCUT2D eigenvalue weighted by Gasteiger charge is -2.12. The van der Waals surface area contributed by atoms with E-state index in [-0.39, 0.29) is 22.9 Å². The number of methoxy groups -OCH3 is 1. The van der Waals surface area contributed by atoms with Crippen LogP contribution in [0.4, 0.5) is 10.5 Å². The van der Waals surface area contributed by atoms with Crippen molar-refractivity contribution in [2.24, 2.45) is 0 Å². The van der Waals surface area contributed by atoms with Crippen molar-refractivity contribution in [1.82, 2.24) is 4.90 Å².